The van der Waals surface area contributed by atoms with Crippen LogP contribution in [0.15, 0.2) is 60.7 Å². The lowest BCUT2D eigenvalue weighted by atomic mass is 10.0. The van der Waals surface area contributed by atoms with Gasteiger partial charge in [0.1, 0.15) is 11.9 Å². The first-order chi connectivity index (χ1) is 11.1. The molecule has 1 heterocycles. The second-order valence-corrected chi connectivity index (χ2v) is 6.32. The van der Waals surface area contributed by atoms with Crippen LogP contribution in [-0.2, 0) is 6.54 Å². The Kier molecular flexibility index (Phi) is 3.24. The van der Waals surface area contributed by atoms with Crippen LogP contribution in [0.4, 0.5) is 5.69 Å². The Morgan fingerprint density at radius 1 is 0.913 bits per heavy atom. The molecule has 4 rings (SSSR count). The highest BCUT2D eigenvalue weighted by Gasteiger charge is 2.29. The molecule has 116 valence electrons. The molecule has 0 saturated carbocycles. The van der Waals surface area contributed by atoms with E-state index in [-0.39, 0.29) is 6.17 Å². The average Bonchev–Trinajstić information content (AvgIpc) is 2.54. The summed E-state index contributed by atoms with van der Waals surface area (Å²) in [5.74, 6) is 0.328. The van der Waals surface area contributed by atoms with Gasteiger partial charge in [-0.1, -0.05) is 36.4 Å². The maximum atomic E-state index is 9.73. The predicted molar refractivity (Wildman–Crippen MR) is 94.7 cm³/mol. The minimum atomic E-state index is 0.191. The van der Waals surface area contributed by atoms with Gasteiger partial charge in [0.25, 0.3) is 0 Å². The number of anilines is 1. The van der Waals surface area contributed by atoms with Crippen LogP contribution in [-0.4, -0.2) is 24.1 Å². The van der Waals surface area contributed by atoms with E-state index in [0.717, 1.165) is 12.1 Å². The molecule has 0 aromatic heterocycles. The van der Waals surface area contributed by atoms with Crippen molar-refractivity contribution in [3.8, 4) is 5.75 Å². The van der Waals surface area contributed by atoms with Crippen molar-refractivity contribution in [1.29, 1.82) is 0 Å². The van der Waals surface area contributed by atoms with Gasteiger partial charge in [0.05, 0.1) is 0 Å². The molecule has 3 aromatic rings. The van der Waals surface area contributed by atoms with Crippen LogP contribution < -0.4 is 4.90 Å². The summed E-state index contributed by atoms with van der Waals surface area (Å²) < 4.78 is 0. The zero-order valence-electron chi connectivity index (χ0n) is 13.4. The topological polar surface area (TPSA) is 26.7 Å². The van der Waals surface area contributed by atoms with Crippen molar-refractivity contribution >= 4 is 16.5 Å². The van der Waals surface area contributed by atoms with Gasteiger partial charge in [-0.25, -0.2) is 0 Å². The zero-order valence-corrected chi connectivity index (χ0v) is 13.4. The second kappa shape index (κ2) is 5.28. The molecule has 1 aliphatic heterocycles. The van der Waals surface area contributed by atoms with E-state index in [0.29, 0.717) is 5.75 Å². The summed E-state index contributed by atoms with van der Waals surface area (Å²) >= 11 is 0. The van der Waals surface area contributed by atoms with Gasteiger partial charge in [-0.05, 0) is 53.2 Å². The summed E-state index contributed by atoms with van der Waals surface area (Å²) in [6.07, 6.45) is 0.191. The lowest BCUT2D eigenvalue weighted by molar-refractivity contribution is 0.220. The van der Waals surface area contributed by atoms with Crippen LogP contribution in [0.3, 0.4) is 0 Å². The van der Waals surface area contributed by atoms with Crippen molar-refractivity contribution in [1.82, 2.24) is 4.90 Å². The first-order valence-corrected chi connectivity index (χ1v) is 7.87. The van der Waals surface area contributed by atoms with Crippen molar-refractivity contribution in [2.75, 3.05) is 19.0 Å². The fourth-order valence-corrected chi connectivity index (χ4v) is 3.67. The fourth-order valence-electron chi connectivity index (χ4n) is 3.67. The smallest absolute Gasteiger partial charge is 0.116 e. The molecular formula is C20H20N2O. The number of rotatable bonds is 1. The molecule has 0 radical (unpaired) electrons. The maximum absolute atomic E-state index is 9.73. The molecule has 0 amide bonds. The van der Waals surface area contributed by atoms with Crippen LogP contribution >= 0.6 is 0 Å². The lowest BCUT2D eigenvalue weighted by Crippen LogP contribution is -2.41. The highest BCUT2D eigenvalue weighted by molar-refractivity contribution is 5.83. The Bertz CT molecular complexity index is 874. The molecule has 3 nitrogen and oxygen atoms in total. The van der Waals surface area contributed by atoms with Crippen LogP contribution in [0, 0.1) is 0 Å². The average molecular weight is 304 g/mol. The largest absolute Gasteiger partial charge is 0.508 e. The van der Waals surface area contributed by atoms with Crippen LogP contribution in [0.25, 0.3) is 10.8 Å². The molecule has 1 N–H and O–H groups in total. The van der Waals surface area contributed by atoms with Crippen LogP contribution in [0.2, 0.25) is 0 Å². The molecule has 0 saturated heterocycles. The molecule has 1 atom stereocenters. The standard InChI is InChI=1S/C20H20N2O/c1-21-13-17-12-18(23)9-10-19(17)22(2)20(21)16-8-7-14-5-3-4-6-15(14)11-16/h3-12,20,23H,13H2,1-2H3. The number of nitrogens with zero attached hydrogens (tertiary/aromatic N) is 2. The number of phenolic OH excluding ortho intramolecular Hbond substituents is 1. The molecule has 23 heavy (non-hydrogen) atoms. The summed E-state index contributed by atoms with van der Waals surface area (Å²) in [7, 11) is 4.24. The van der Waals surface area contributed by atoms with Gasteiger partial charge >= 0.3 is 0 Å². The maximum Gasteiger partial charge on any atom is 0.116 e. The fraction of sp³-hybridized carbons (Fsp3) is 0.200. The molecule has 0 fully saturated rings. The Morgan fingerprint density at radius 3 is 2.52 bits per heavy atom. The summed E-state index contributed by atoms with van der Waals surface area (Å²) in [5.41, 5.74) is 3.62. The van der Waals surface area contributed by atoms with Crippen LogP contribution in [0.5, 0.6) is 5.75 Å². The van der Waals surface area contributed by atoms with E-state index in [4.69, 9.17) is 0 Å². The van der Waals surface area contributed by atoms with Crippen molar-refractivity contribution < 1.29 is 5.11 Å². The Labute approximate surface area is 136 Å². The number of benzene rings is 3. The molecule has 1 unspecified atom stereocenters. The highest BCUT2D eigenvalue weighted by atomic mass is 16.3. The van der Waals surface area contributed by atoms with E-state index in [2.05, 4.69) is 66.4 Å². The van der Waals surface area contributed by atoms with Gasteiger partial charge in [-0.15, -0.1) is 0 Å². The van der Waals surface area contributed by atoms with Gasteiger partial charge in [0.2, 0.25) is 0 Å². The van der Waals surface area contributed by atoms with Gasteiger partial charge in [0.15, 0.2) is 0 Å². The van der Waals surface area contributed by atoms with E-state index < -0.39 is 0 Å². The Hall–Kier alpha value is -2.52. The molecule has 0 bridgehead atoms. The number of phenols is 1. The molecule has 3 aromatic carbocycles. The van der Waals surface area contributed by atoms with E-state index in [9.17, 15) is 5.11 Å². The first kappa shape index (κ1) is 14.1. The quantitative estimate of drug-likeness (QED) is 0.732. The normalized spacial score (nSPS) is 18.2. The number of aromatic hydroxyl groups is 1. The Morgan fingerprint density at radius 2 is 1.70 bits per heavy atom. The van der Waals surface area contributed by atoms with Gasteiger partial charge in [-0.2, -0.15) is 0 Å². The first-order valence-electron chi connectivity index (χ1n) is 7.87. The monoisotopic (exact) mass is 304 g/mol. The van der Waals surface area contributed by atoms with Gasteiger partial charge in [0, 0.05) is 19.3 Å². The van der Waals surface area contributed by atoms with E-state index in [1.807, 2.05) is 12.1 Å². The molecule has 1 aliphatic rings. The third-order valence-corrected chi connectivity index (χ3v) is 4.72. The third-order valence-electron chi connectivity index (χ3n) is 4.72. The minimum absolute atomic E-state index is 0.191. The van der Waals surface area contributed by atoms with Gasteiger partial charge < -0.3 is 10.0 Å². The molecular weight excluding hydrogens is 284 g/mol. The number of hydrogen-bond donors (Lipinski definition) is 1. The lowest BCUT2D eigenvalue weighted by Gasteiger charge is -2.42. The predicted octanol–water partition coefficient (Wildman–Crippen LogP) is 4.13. The van der Waals surface area contributed by atoms with E-state index >= 15 is 0 Å². The summed E-state index contributed by atoms with van der Waals surface area (Å²) in [4.78, 5) is 4.59. The SMILES string of the molecule is CN1Cc2cc(O)ccc2N(C)C1c1ccc2ccccc2c1. The molecule has 0 spiro atoms. The second-order valence-electron chi connectivity index (χ2n) is 6.32. The minimum Gasteiger partial charge on any atom is -0.508 e. The Balaban J connectivity index is 1.79. The van der Waals surface area contributed by atoms with Crippen LogP contribution in [0.1, 0.15) is 17.3 Å². The van der Waals surface area contributed by atoms with Gasteiger partial charge in [-0.3, -0.25) is 4.90 Å². The molecule has 0 aliphatic carbocycles. The molecule has 3 heteroatoms. The van der Waals surface area contributed by atoms with E-state index in [1.54, 1.807) is 6.07 Å². The summed E-state index contributed by atoms with van der Waals surface area (Å²) in [6, 6.07) is 20.8. The van der Waals surface area contributed by atoms with Crippen molar-refractivity contribution in [3.05, 3.63) is 71.8 Å². The number of hydrogen-bond acceptors (Lipinski definition) is 3. The third kappa shape index (κ3) is 2.34. The van der Waals surface area contributed by atoms with E-state index in [1.165, 1.54) is 22.0 Å². The van der Waals surface area contributed by atoms with Crippen molar-refractivity contribution in [3.63, 3.8) is 0 Å². The zero-order chi connectivity index (χ0) is 16.0. The van der Waals surface area contributed by atoms with Crippen molar-refractivity contribution in [2.45, 2.75) is 12.7 Å². The highest BCUT2D eigenvalue weighted by Crippen LogP contribution is 2.38. The summed E-state index contributed by atoms with van der Waals surface area (Å²) in [6.45, 7) is 0.825. The summed E-state index contributed by atoms with van der Waals surface area (Å²) in [5, 5.41) is 12.3. The van der Waals surface area contributed by atoms with Crippen molar-refractivity contribution in [2.24, 2.45) is 0 Å². The number of fused-ring (bicyclic) bond motifs is 2.